The summed E-state index contributed by atoms with van der Waals surface area (Å²) in [7, 11) is 0. The fourth-order valence-electron chi connectivity index (χ4n) is 1.96. The molecule has 4 heteroatoms. The Labute approximate surface area is 122 Å². The van der Waals surface area contributed by atoms with Crippen LogP contribution in [0.1, 0.15) is 16.1 Å². The third-order valence-corrected chi connectivity index (χ3v) is 3.07. The second-order valence-corrected chi connectivity index (χ2v) is 4.60. The number of fused-ring (bicyclic) bond motifs is 1. The van der Waals surface area contributed by atoms with E-state index in [0.29, 0.717) is 16.9 Å². The number of nitrogen functional groups attached to an aromatic ring is 1. The van der Waals surface area contributed by atoms with Gasteiger partial charge >= 0.3 is 0 Å². The van der Waals surface area contributed by atoms with Gasteiger partial charge in [0.15, 0.2) is 5.78 Å². The first kappa shape index (κ1) is 13.0. The van der Waals surface area contributed by atoms with Crippen molar-refractivity contribution in [2.45, 2.75) is 0 Å². The Morgan fingerprint density at radius 3 is 2.48 bits per heavy atom. The third kappa shape index (κ3) is 2.95. The Hall–Kier alpha value is -3.01. The molecular weight excluding hydrogens is 262 g/mol. The molecule has 1 aromatic heterocycles. The van der Waals surface area contributed by atoms with E-state index in [-0.39, 0.29) is 5.78 Å². The highest BCUT2D eigenvalue weighted by Crippen LogP contribution is 2.11. The highest BCUT2D eigenvalue weighted by molar-refractivity contribution is 6.06. The van der Waals surface area contributed by atoms with Crippen LogP contribution in [0.15, 0.2) is 60.8 Å². The molecule has 0 aliphatic carbocycles. The predicted octanol–water partition coefficient (Wildman–Crippen LogP) is 3.11. The molecule has 0 bridgehead atoms. The third-order valence-electron chi connectivity index (χ3n) is 3.07. The quantitative estimate of drug-likeness (QED) is 0.453. The molecule has 0 amide bonds. The minimum absolute atomic E-state index is 0.0926. The van der Waals surface area contributed by atoms with Crippen LogP contribution in [0.25, 0.3) is 17.1 Å². The lowest BCUT2D eigenvalue weighted by Gasteiger charge is -1.98. The van der Waals surface area contributed by atoms with E-state index >= 15 is 0 Å². The number of nitrogens with two attached hydrogens (primary N) is 1. The molecular formula is C17H13N3O. The molecule has 0 spiro atoms. The maximum Gasteiger partial charge on any atom is 0.185 e. The Morgan fingerprint density at radius 2 is 1.71 bits per heavy atom. The van der Waals surface area contributed by atoms with E-state index in [1.165, 1.54) is 6.08 Å². The Bertz CT molecular complexity index is 823. The Morgan fingerprint density at radius 1 is 1.00 bits per heavy atom. The van der Waals surface area contributed by atoms with E-state index < -0.39 is 0 Å². The average molecular weight is 275 g/mol. The number of carbonyl (C=O) groups excluding carboxylic acids is 1. The molecule has 0 unspecified atom stereocenters. The van der Waals surface area contributed by atoms with Crippen molar-refractivity contribution in [2.75, 3.05) is 5.73 Å². The lowest BCUT2D eigenvalue weighted by atomic mass is 10.1. The van der Waals surface area contributed by atoms with Crippen LogP contribution < -0.4 is 5.73 Å². The number of ketones is 1. The highest BCUT2D eigenvalue weighted by Gasteiger charge is 2.01. The first-order chi connectivity index (χ1) is 10.2. The molecule has 2 N–H and O–H groups in total. The number of benzene rings is 2. The number of nitrogens with zero attached hydrogens (tertiary/aromatic N) is 2. The van der Waals surface area contributed by atoms with Crippen molar-refractivity contribution in [2.24, 2.45) is 0 Å². The van der Waals surface area contributed by atoms with Gasteiger partial charge in [0.2, 0.25) is 0 Å². The van der Waals surface area contributed by atoms with E-state index in [1.54, 1.807) is 36.5 Å². The van der Waals surface area contributed by atoms with Crippen LogP contribution in [0.2, 0.25) is 0 Å². The molecule has 3 aromatic rings. The van der Waals surface area contributed by atoms with Crippen molar-refractivity contribution in [3.05, 3.63) is 72.1 Å². The Kier molecular flexibility index (Phi) is 3.43. The summed E-state index contributed by atoms with van der Waals surface area (Å²) < 4.78 is 0. The lowest BCUT2D eigenvalue weighted by Crippen LogP contribution is -1.95. The van der Waals surface area contributed by atoms with E-state index in [1.807, 2.05) is 24.3 Å². The number of carbonyl (C=O) groups is 1. The van der Waals surface area contributed by atoms with Gasteiger partial charge < -0.3 is 5.73 Å². The first-order valence-corrected chi connectivity index (χ1v) is 6.52. The van der Waals surface area contributed by atoms with Gasteiger partial charge in [0.25, 0.3) is 0 Å². The zero-order chi connectivity index (χ0) is 14.7. The van der Waals surface area contributed by atoms with Crippen LogP contribution in [0, 0.1) is 0 Å². The molecule has 0 saturated heterocycles. The van der Waals surface area contributed by atoms with Crippen LogP contribution in [0.4, 0.5) is 5.69 Å². The van der Waals surface area contributed by atoms with Crippen molar-refractivity contribution in [3.63, 3.8) is 0 Å². The number of rotatable bonds is 3. The summed E-state index contributed by atoms with van der Waals surface area (Å²) in [6.07, 6.45) is 4.80. The number of hydrogen-bond acceptors (Lipinski definition) is 4. The highest BCUT2D eigenvalue weighted by atomic mass is 16.1. The molecule has 102 valence electrons. The zero-order valence-corrected chi connectivity index (χ0v) is 11.2. The monoisotopic (exact) mass is 275 g/mol. The van der Waals surface area contributed by atoms with Gasteiger partial charge in [-0.2, -0.15) is 0 Å². The minimum Gasteiger partial charge on any atom is -0.399 e. The van der Waals surface area contributed by atoms with Crippen LogP contribution in [-0.4, -0.2) is 15.8 Å². The van der Waals surface area contributed by atoms with Crippen LogP contribution in [0.3, 0.4) is 0 Å². The molecule has 3 rings (SSSR count). The Balaban J connectivity index is 1.83. The molecule has 1 heterocycles. The molecule has 0 atom stereocenters. The molecule has 2 aromatic carbocycles. The predicted molar refractivity (Wildman–Crippen MR) is 83.8 cm³/mol. The van der Waals surface area contributed by atoms with Crippen molar-refractivity contribution in [1.82, 2.24) is 9.97 Å². The normalized spacial score (nSPS) is 11.0. The van der Waals surface area contributed by atoms with Crippen LogP contribution in [0.5, 0.6) is 0 Å². The van der Waals surface area contributed by atoms with Gasteiger partial charge in [0.1, 0.15) is 0 Å². The van der Waals surface area contributed by atoms with Gasteiger partial charge in [-0.1, -0.05) is 12.1 Å². The smallest absolute Gasteiger partial charge is 0.185 e. The first-order valence-electron chi connectivity index (χ1n) is 6.52. The number of hydrogen-bond donors (Lipinski definition) is 1. The fourth-order valence-corrected chi connectivity index (χ4v) is 1.96. The molecule has 21 heavy (non-hydrogen) atoms. The van der Waals surface area contributed by atoms with Crippen LogP contribution in [-0.2, 0) is 0 Å². The summed E-state index contributed by atoms with van der Waals surface area (Å²) in [5, 5.41) is 0. The number of aromatic nitrogens is 2. The molecule has 0 radical (unpaired) electrons. The van der Waals surface area contributed by atoms with Gasteiger partial charge in [-0.15, -0.1) is 0 Å². The number of para-hydroxylation sites is 2. The summed E-state index contributed by atoms with van der Waals surface area (Å²) >= 11 is 0. The maximum absolute atomic E-state index is 12.0. The van der Waals surface area contributed by atoms with Gasteiger partial charge in [-0.3, -0.25) is 9.78 Å². The van der Waals surface area contributed by atoms with Crippen molar-refractivity contribution < 1.29 is 4.79 Å². The summed E-state index contributed by atoms with van der Waals surface area (Å²) in [5.41, 5.74) is 9.11. The van der Waals surface area contributed by atoms with Gasteiger partial charge in [0, 0.05) is 11.3 Å². The number of anilines is 1. The molecule has 0 saturated carbocycles. The summed E-state index contributed by atoms with van der Waals surface area (Å²) in [5.74, 6) is -0.0926. The van der Waals surface area contributed by atoms with Crippen molar-refractivity contribution >= 4 is 28.6 Å². The standard InChI is InChI=1S/C17H13N3O/c18-13-7-5-12(6-8-13)17(21)10-9-14-11-19-15-3-1-2-4-16(15)20-14/h1-11H,18H2/b10-9+. The molecule has 0 aliphatic heterocycles. The lowest BCUT2D eigenvalue weighted by molar-refractivity contribution is 0.104. The number of allylic oxidation sites excluding steroid dienone is 1. The SMILES string of the molecule is Nc1ccc(C(=O)/C=C/c2cnc3ccccc3n2)cc1. The van der Waals surface area contributed by atoms with E-state index in [0.717, 1.165) is 11.0 Å². The minimum atomic E-state index is -0.0926. The largest absolute Gasteiger partial charge is 0.399 e. The van der Waals surface area contributed by atoms with Crippen LogP contribution >= 0.6 is 0 Å². The van der Waals surface area contributed by atoms with Crippen molar-refractivity contribution in [1.29, 1.82) is 0 Å². The summed E-state index contributed by atoms with van der Waals surface area (Å²) in [6, 6.07) is 14.4. The van der Waals surface area contributed by atoms with E-state index in [9.17, 15) is 4.79 Å². The molecule has 0 fully saturated rings. The summed E-state index contributed by atoms with van der Waals surface area (Å²) in [4.78, 5) is 20.8. The second-order valence-electron chi connectivity index (χ2n) is 4.60. The van der Waals surface area contributed by atoms with E-state index in [4.69, 9.17) is 5.73 Å². The maximum atomic E-state index is 12.0. The second kappa shape index (κ2) is 5.54. The summed E-state index contributed by atoms with van der Waals surface area (Å²) in [6.45, 7) is 0. The zero-order valence-electron chi connectivity index (χ0n) is 11.2. The van der Waals surface area contributed by atoms with Crippen molar-refractivity contribution in [3.8, 4) is 0 Å². The molecule has 0 aliphatic rings. The fraction of sp³-hybridized carbons (Fsp3) is 0. The molecule has 4 nitrogen and oxygen atoms in total. The average Bonchev–Trinajstić information content (AvgIpc) is 2.53. The van der Waals surface area contributed by atoms with Gasteiger partial charge in [0.05, 0.1) is 22.9 Å². The van der Waals surface area contributed by atoms with Gasteiger partial charge in [-0.25, -0.2) is 4.98 Å². The van der Waals surface area contributed by atoms with Gasteiger partial charge in [-0.05, 0) is 48.6 Å². The van der Waals surface area contributed by atoms with E-state index in [2.05, 4.69) is 9.97 Å². The topological polar surface area (TPSA) is 68.9 Å².